The van der Waals surface area contributed by atoms with Gasteiger partial charge < -0.3 is 14.6 Å². The fourth-order valence-electron chi connectivity index (χ4n) is 1.91. The van der Waals surface area contributed by atoms with Crippen molar-refractivity contribution in [3.63, 3.8) is 0 Å². The summed E-state index contributed by atoms with van der Waals surface area (Å²) in [7, 11) is 0. The van der Waals surface area contributed by atoms with Crippen LogP contribution in [0.4, 0.5) is 0 Å². The summed E-state index contributed by atoms with van der Waals surface area (Å²) in [6.07, 6.45) is 2.92. The summed E-state index contributed by atoms with van der Waals surface area (Å²) in [6.45, 7) is 5.47. The highest BCUT2D eigenvalue weighted by atomic mass is 16.5. The molecular weight excluding hydrogens is 206 g/mol. The third-order valence-corrected chi connectivity index (χ3v) is 2.85. The summed E-state index contributed by atoms with van der Waals surface area (Å²) in [6, 6.07) is 0. The minimum Gasteiger partial charge on any atom is -0.381 e. The predicted octanol–water partition coefficient (Wildman–Crippen LogP) is 1.12. The van der Waals surface area contributed by atoms with E-state index < -0.39 is 0 Å². The summed E-state index contributed by atoms with van der Waals surface area (Å²) in [5.74, 6) is 2.00. The van der Waals surface area contributed by atoms with Crippen LogP contribution in [-0.4, -0.2) is 36.4 Å². The number of hydrogen-bond donors (Lipinski definition) is 1. The monoisotopic (exact) mass is 225 g/mol. The molecule has 1 saturated heterocycles. The van der Waals surface area contributed by atoms with Crippen LogP contribution in [0.1, 0.15) is 37.4 Å². The van der Waals surface area contributed by atoms with Crippen molar-refractivity contribution in [3.05, 3.63) is 11.7 Å². The second kappa shape index (κ2) is 5.96. The lowest BCUT2D eigenvalue weighted by Crippen LogP contribution is -2.26. The third kappa shape index (κ3) is 3.02. The first-order valence-electron chi connectivity index (χ1n) is 6.01. The van der Waals surface area contributed by atoms with Crippen molar-refractivity contribution in [2.75, 3.05) is 26.3 Å². The number of nitrogens with one attached hydrogen (secondary N) is 1. The minimum atomic E-state index is 0.439. The van der Waals surface area contributed by atoms with Crippen molar-refractivity contribution in [1.82, 2.24) is 15.5 Å². The number of nitrogens with zero attached hydrogens (tertiary/aromatic N) is 2. The normalized spacial score (nSPS) is 17.8. The Hall–Kier alpha value is -0.940. The van der Waals surface area contributed by atoms with Gasteiger partial charge in [-0.15, -0.1) is 0 Å². The smallest absolute Gasteiger partial charge is 0.229 e. The van der Waals surface area contributed by atoms with Crippen LogP contribution in [0, 0.1) is 0 Å². The van der Waals surface area contributed by atoms with Crippen molar-refractivity contribution < 1.29 is 9.26 Å². The van der Waals surface area contributed by atoms with Gasteiger partial charge in [0.25, 0.3) is 0 Å². The first-order chi connectivity index (χ1) is 7.90. The molecule has 2 rings (SSSR count). The summed E-state index contributed by atoms with van der Waals surface area (Å²) >= 11 is 0. The molecule has 0 atom stereocenters. The van der Waals surface area contributed by atoms with Crippen LogP contribution in [0.5, 0.6) is 0 Å². The molecule has 1 aliphatic rings. The molecule has 16 heavy (non-hydrogen) atoms. The van der Waals surface area contributed by atoms with Gasteiger partial charge >= 0.3 is 0 Å². The van der Waals surface area contributed by atoms with Crippen molar-refractivity contribution in [2.24, 2.45) is 0 Å². The molecule has 0 aromatic carbocycles. The highest BCUT2D eigenvalue weighted by molar-refractivity contribution is 4.96. The van der Waals surface area contributed by atoms with Crippen molar-refractivity contribution in [1.29, 1.82) is 0 Å². The Morgan fingerprint density at radius 2 is 2.25 bits per heavy atom. The van der Waals surface area contributed by atoms with Gasteiger partial charge in [-0.05, 0) is 32.9 Å². The minimum absolute atomic E-state index is 0.439. The fraction of sp³-hybridized carbons (Fsp3) is 0.818. The Kier molecular flexibility index (Phi) is 4.30. The van der Waals surface area contributed by atoms with Crippen molar-refractivity contribution in [2.45, 2.75) is 32.1 Å². The highest BCUT2D eigenvalue weighted by Gasteiger charge is 2.20. The number of rotatable bonds is 5. The molecule has 0 amide bonds. The van der Waals surface area contributed by atoms with E-state index in [1.165, 1.54) is 0 Å². The maximum Gasteiger partial charge on any atom is 0.229 e. The highest BCUT2D eigenvalue weighted by Crippen LogP contribution is 2.23. The lowest BCUT2D eigenvalue weighted by atomic mass is 9.98. The predicted molar refractivity (Wildman–Crippen MR) is 59.3 cm³/mol. The van der Waals surface area contributed by atoms with E-state index in [0.717, 1.165) is 50.7 Å². The third-order valence-electron chi connectivity index (χ3n) is 2.85. The quantitative estimate of drug-likeness (QED) is 0.761. The lowest BCUT2D eigenvalue weighted by Gasteiger charge is -2.18. The van der Waals surface area contributed by atoms with Gasteiger partial charge in [0.15, 0.2) is 5.82 Å². The summed E-state index contributed by atoms with van der Waals surface area (Å²) < 4.78 is 10.6. The molecule has 1 N–H and O–H groups in total. The van der Waals surface area contributed by atoms with Gasteiger partial charge in [-0.2, -0.15) is 4.98 Å². The second-order valence-corrected chi connectivity index (χ2v) is 4.02. The molecule has 1 aliphatic heterocycles. The van der Waals surface area contributed by atoms with Gasteiger partial charge in [0, 0.05) is 18.9 Å². The average molecular weight is 225 g/mol. The number of aromatic nitrogens is 2. The number of piperidine rings is 1. The standard InChI is InChI=1S/C11H19N3O2/c1-2-15-8-5-10-13-11(16-14-10)9-3-6-12-7-4-9/h9,12H,2-8H2,1H3. The van der Waals surface area contributed by atoms with E-state index >= 15 is 0 Å². The van der Waals surface area contributed by atoms with E-state index in [0.29, 0.717) is 12.5 Å². The van der Waals surface area contributed by atoms with Crippen LogP contribution >= 0.6 is 0 Å². The largest absolute Gasteiger partial charge is 0.381 e. The van der Waals surface area contributed by atoms with E-state index in [-0.39, 0.29) is 0 Å². The SMILES string of the molecule is CCOCCc1noc(C2CCNCC2)n1. The molecule has 5 nitrogen and oxygen atoms in total. The fourth-order valence-corrected chi connectivity index (χ4v) is 1.91. The summed E-state index contributed by atoms with van der Waals surface area (Å²) in [4.78, 5) is 4.42. The molecule has 0 unspecified atom stereocenters. The van der Waals surface area contributed by atoms with E-state index in [9.17, 15) is 0 Å². The molecule has 90 valence electrons. The van der Waals surface area contributed by atoms with Gasteiger partial charge in [-0.3, -0.25) is 0 Å². The molecule has 1 fully saturated rings. The molecule has 5 heteroatoms. The van der Waals surface area contributed by atoms with Gasteiger partial charge in [-0.25, -0.2) is 0 Å². The average Bonchev–Trinajstić information content (AvgIpc) is 2.79. The molecule has 1 aromatic heterocycles. The number of ether oxygens (including phenoxy) is 1. The topological polar surface area (TPSA) is 60.2 Å². The zero-order valence-corrected chi connectivity index (χ0v) is 9.74. The molecule has 0 aliphatic carbocycles. The maximum atomic E-state index is 5.29. The maximum absolute atomic E-state index is 5.29. The molecular formula is C11H19N3O2. The van der Waals surface area contributed by atoms with E-state index in [1.807, 2.05) is 6.92 Å². The Morgan fingerprint density at radius 1 is 1.44 bits per heavy atom. The van der Waals surface area contributed by atoms with Crippen molar-refractivity contribution in [3.8, 4) is 0 Å². The van der Waals surface area contributed by atoms with Crippen LogP contribution in [0.3, 0.4) is 0 Å². The van der Waals surface area contributed by atoms with Crippen LogP contribution in [0.25, 0.3) is 0 Å². The first kappa shape index (κ1) is 11.5. The molecule has 0 bridgehead atoms. The van der Waals surface area contributed by atoms with E-state index in [4.69, 9.17) is 9.26 Å². The lowest BCUT2D eigenvalue weighted by molar-refractivity contribution is 0.149. The molecule has 1 aromatic rings. The zero-order chi connectivity index (χ0) is 11.2. The van der Waals surface area contributed by atoms with Crippen LogP contribution in [0.2, 0.25) is 0 Å². The Labute approximate surface area is 95.6 Å². The zero-order valence-electron chi connectivity index (χ0n) is 9.74. The second-order valence-electron chi connectivity index (χ2n) is 4.02. The Balaban J connectivity index is 1.85. The van der Waals surface area contributed by atoms with Gasteiger partial charge in [-0.1, -0.05) is 5.16 Å². The van der Waals surface area contributed by atoms with Crippen LogP contribution in [-0.2, 0) is 11.2 Å². The molecule has 2 heterocycles. The first-order valence-corrected chi connectivity index (χ1v) is 6.01. The Morgan fingerprint density at radius 3 is 3.00 bits per heavy atom. The van der Waals surface area contributed by atoms with Gasteiger partial charge in [0.05, 0.1) is 6.61 Å². The van der Waals surface area contributed by atoms with Gasteiger partial charge in [0.1, 0.15) is 0 Å². The van der Waals surface area contributed by atoms with E-state index in [2.05, 4.69) is 15.5 Å². The number of hydrogen-bond acceptors (Lipinski definition) is 5. The summed E-state index contributed by atoms with van der Waals surface area (Å²) in [5.41, 5.74) is 0. The van der Waals surface area contributed by atoms with Crippen LogP contribution < -0.4 is 5.32 Å². The molecule has 0 radical (unpaired) electrons. The molecule has 0 saturated carbocycles. The van der Waals surface area contributed by atoms with Crippen LogP contribution in [0.15, 0.2) is 4.52 Å². The summed E-state index contributed by atoms with van der Waals surface area (Å²) in [5, 5.41) is 7.30. The Bertz CT molecular complexity index is 308. The molecule has 0 spiro atoms. The van der Waals surface area contributed by atoms with Crippen molar-refractivity contribution >= 4 is 0 Å². The van der Waals surface area contributed by atoms with E-state index in [1.54, 1.807) is 0 Å². The van der Waals surface area contributed by atoms with Gasteiger partial charge in [0.2, 0.25) is 5.89 Å².